The van der Waals surface area contributed by atoms with E-state index >= 15 is 0 Å². The van der Waals surface area contributed by atoms with Crippen molar-refractivity contribution in [3.8, 4) is 0 Å². The van der Waals surface area contributed by atoms with Gasteiger partial charge in [0.2, 0.25) is 0 Å². The Balaban J connectivity index is 1.65. The van der Waals surface area contributed by atoms with Crippen molar-refractivity contribution < 1.29 is 0 Å². The zero-order chi connectivity index (χ0) is 20.9. The Hall–Kier alpha value is -0.271. The molecular formula is C27H48N2Se. The van der Waals surface area contributed by atoms with Crippen molar-refractivity contribution in [3.63, 3.8) is 0 Å². The molecule has 2 aliphatic carbocycles. The Morgan fingerprint density at radius 3 is 0.933 bits per heavy atom. The van der Waals surface area contributed by atoms with Crippen LogP contribution < -0.4 is 0 Å². The first-order valence-corrected chi connectivity index (χ1v) is 14.5. The third-order valence-electron chi connectivity index (χ3n) is 7.77. The van der Waals surface area contributed by atoms with Gasteiger partial charge in [0.15, 0.2) is 0 Å². The molecule has 0 aliphatic heterocycles. The van der Waals surface area contributed by atoms with Crippen molar-refractivity contribution in [1.29, 1.82) is 0 Å². The first-order valence-electron chi connectivity index (χ1n) is 13.7. The normalized spacial score (nSPS) is 23.6. The minimum atomic E-state index is 0.702. The Morgan fingerprint density at radius 1 is 0.433 bits per heavy atom. The number of rotatable bonds is 2. The molecule has 2 aliphatic rings. The molecule has 172 valence electrons. The zero-order valence-electron chi connectivity index (χ0n) is 19.7. The molecule has 0 aromatic carbocycles. The average Bonchev–Trinajstić information content (AvgIpc) is 3.10. The molecule has 3 heteroatoms. The molecule has 0 bridgehead atoms. The maximum atomic E-state index is 3.51. The van der Waals surface area contributed by atoms with Crippen LogP contribution in [-0.2, 0) is 0 Å². The van der Waals surface area contributed by atoms with E-state index in [1.54, 1.807) is 0 Å². The van der Waals surface area contributed by atoms with E-state index in [1.807, 2.05) is 0 Å². The minimum absolute atomic E-state index is 0.702. The predicted molar refractivity (Wildman–Crippen MR) is 131 cm³/mol. The Morgan fingerprint density at radius 2 is 0.667 bits per heavy atom. The second-order valence-electron chi connectivity index (χ2n) is 10.2. The third-order valence-corrected chi connectivity index (χ3v) is 8.65. The van der Waals surface area contributed by atoms with E-state index in [0.29, 0.717) is 12.1 Å². The fourth-order valence-electron chi connectivity index (χ4n) is 5.80. The van der Waals surface area contributed by atoms with Crippen LogP contribution in [0.1, 0.15) is 153 Å². The van der Waals surface area contributed by atoms with Crippen LogP contribution in [0.2, 0.25) is 0 Å². The summed E-state index contributed by atoms with van der Waals surface area (Å²) in [5.74, 6) is 0. The first-order chi connectivity index (χ1) is 14.9. The second kappa shape index (κ2) is 14.7. The molecule has 0 saturated heterocycles. The summed E-state index contributed by atoms with van der Waals surface area (Å²) in [6.45, 7) is 0. The van der Waals surface area contributed by atoms with Crippen LogP contribution in [0.25, 0.3) is 0 Å². The Kier molecular flexibility index (Phi) is 12.0. The van der Waals surface area contributed by atoms with Crippen LogP contribution in [0.3, 0.4) is 0 Å². The Labute approximate surface area is 194 Å². The predicted octanol–water partition coefficient (Wildman–Crippen LogP) is 8.68. The SMILES string of the molecule is [Se]=c1n(C2CCCCCCCCCCC2)ccn1C1CCCCCCCCCCC1. The van der Waals surface area contributed by atoms with Gasteiger partial charge in [-0.15, -0.1) is 0 Å². The Bertz CT molecular complexity index is 542. The van der Waals surface area contributed by atoms with Gasteiger partial charge < -0.3 is 0 Å². The van der Waals surface area contributed by atoms with E-state index in [1.165, 1.54) is 146 Å². The molecule has 2 saturated carbocycles. The summed E-state index contributed by atoms with van der Waals surface area (Å²) in [4.78, 5) is 0. The number of hydrogen-bond donors (Lipinski definition) is 0. The van der Waals surface area contributed by atoms with Gasteiger partial charge in [0, 0.05) is 0 Å². The molecule has 1 heterocycles. The molecule has 0 radical (unpaired) electrons. The molecule has 0 unspecified atom stereocenters. The molecular weight excluding hydrogens is 431 g/mol. The van der Waals surface area contributed by atoms with Gasteiger partial charge in [0.05, 0.1) is 0 Å². The number of aromatic nitrogens is 2. The van der Waals surface area contributed by atoms with Crippen molar-refractivity contribution in [2.24, 2.45) is 0 Å². The van der Waals surface area contributed by atoms with Crippen molar-refractivity contribution in [2.75, 3.05) is 0 Å². The molecule has 1 aromatic heterocycles. The van der Waals surface area contributed by atoms with Crippen LogP contribution in [0.5, 0.6) is 0 Å². The van der Waals surface area contributed by atoms with Crippen molar-refractivity contribution >= 4 is 15.6 Å². The molecule has 2 fully saturated rings. The number of nitrogens with zero attached hydrogens (tertiary/aromatic N) is 2. The average molecular weight is 480 g/mol. The van der Waals surface area contributed by atoms with E-state index in [2.05, 4.69) is 37.1 Å². The van der Waals surface area contributed by atoms with Crippen LogP contribution in [-0.4, -0.2) is 24.7 Å². The van der Waals surface area contributed by atoms with Gasteiger partial charge in [0.1, 0.15) is 0 Å². The van der Waals surface area contributed by atoms with Gasteiger partial charge in [-0.05, 0) is 0 Å². The van der Waals surface area contributed by atoms with E-state index in [-0.39, 0.29) is 0 Å². The van der Waals surface area contributed by atoms with Gasteiger partial charge in [-0.1, -0.05) is 0 Å². The standard InChI is InChI=1S/C27H48N2Se/c30-27-28(25-19-15-11-7-3-1-4-8-12-16-20-25)23-24-29(27)26-21-17-13-9-5-2-6-10-14-18-22-26/h23-26H,1-22H2. The quantitative estimate of drug-likeness (QED) is 0.376. The summed E-state index contributed by atoms with van der Waals surface area (Å²) in [7, 11) is 0. The molecule has 1 aromatic rings. The summed E-state index contributed by atoms with van der Waals surface area (Å²) >= 11 is 3.51. The summed E-state index contributed by atoms with van der Waals surface area (Å²) in [5.41, 5.74) is 0. The number of hydrogen-bond acceptors (Lipinski definition) is 0. The summed E-state index contributed by atoms with van der Waals surface area (Å²) in [6, 6.07) is 1.40. The molecule has 2 nitrogen and oxygen atoms in total. The topological polar surface area (TPSA) is 9.86 Å². The van der Waals surface area contributed by atoms with Crippen LogP contribution in [0, 0.1) is 4.32 Å². The van der Waals surface area contributed by atoms with Gasteiger partial charge >= 0.3 is 195 Å². The summed E-state index contributed by atoms with van der Waals surface area (Å²) < 4.78 is 6.66. The first kappa shape index (κ1) is 24.4. The van der Waals surface area contributed by atoms with Crippen molar-refractivity contribution in [1.82, 2.24) is 9.13 Å². The van der Waals surface area contributed by atoms with Gasteiger partial charge in [0.25, 0.3) is 0 Å². The van der Waals surface area contributed by atoms with Crippen molar-refractivity contribution in [3.05, 3.63) is 16.7 Å². The molecule has 30 heavy (non-hydrogen) atoms. The van der Waals surface area contributed by atoms with Gasteiger partial charge in [-0.25, -0.2) is 0 Å². The van der Waals surface area contributed by atoms with Crippen LogP contribution in [0.15, 0.2) is 12.4 Å². The summed E-state index contributed by atoms with van der Waals surface area (Å²) in [6.07, 6.45) is 36.3. The van der Waals surface area contributed by atoms with Gasteiger partial charge in [-0.2, -0.15) is 0 Å². The van der Waals surface area contributed by atoms with E-state index in [4.69, 9.17) is 0 Å². The second-order valence-corrected chi connectivity index (χ2v) is 11.0. The van der Waals surface area contributed by atoms with Crippen LogP contribution >= 0.6 is 0 Å². The summed E-state index contributed by atoms with van der Waals surface area (Å²) in [5, 5.41) is 0. The van der Waals surface area contributed by atoms with E-state index in [0.717, 1.165) is 0 Å². The molecule has 3 rings (SSSR count). The zero-order valence-corrected chi connectivity index (χ0v) is 21.4. The van der Waals surface area contributed by atoms with Crippen molar-refractivity contribution in [2.45, 2.75) is 153 Å². The molecule has 0 spiro atoms. The number of imidazole rings is 1. The molecule has 0 N–H and O–H groups in total. The van der Waals surface area contributed by atoms with E-state index in [9.17, 15) is 0 Å². The third kappa shape index (κ3) is 8.34. The monoisotopic (exact) mass is 480 g/mol. The van der Waals surface area contributed by atoms with Crippen LogP contribution in [0.4, 0.5) is 0 Å². The fourth-order valence-corrected chi connectivity index (χ4v) is 6.68. The molecule has 0 atom stereocenters. The fraction of sp³-hybridized carbons (Fsp3) is 0.889. The maximum absolute atomic E-state index is 3.51. The van der Waals surface area contributed by atoms with E-state index < -0.39 is 0 Å². The van der Waals surface area contributed by atoms with Gasteiger partial charge in [-0.3, -0.25) is 0 Å². The molecule has 0 amide bonds.